The van der Waals surface area contributed by atoms with Crippen LogP contribution in [0.4, 0.5) is 5.69 Å². The maximum atomic E-state index is 6.13. The highest BCUT2D eigenvalue weighted by molar-refractivity contribution is 6.31. The molecule has 4 nitrogen and oxygen atoms in total. The average molecular weight is 273 g/mol. The number of nitrogens with zero attached hydrogens (tertiary/aromatic N) is 3. The number of benzene rings is 1. The number of hydrogen-bond acceptors (Lipinski definition) is 3. The van der Waals surface area contributed by atoms with E-state index in [1.54, 1.807) is 12.5 Å². The second-order valence-corrected chi connectivity index (χ2v) is 4.81. The number of nitrogens with one attached hydrogen (secondary N) is 1. The number of anilines is 1. The minimum Gasteiger partial charge on any atom is -0.378 e. The Morgan fingerprint density at radius 2 is 2.26 bits per heavy atom. The Bertz CT molecular complexity index is 720. The van der Waals surface area contributed by atoms with Gasteiger partial charge in [-0.05, 0) is 18.2 Å². The smallest absolute Gasteiger partial charge is 0.0946 e. The van der Waals surface area contributed by atoms with Gasteiger partial charge in [0.25, 0.3) is 0 Å². The summed E-state index contributed by atoms with van der Waals surface area (Å²) in [6, 6.07) is 7.72. The first-order valence-corrected chi connectivity index (χ1v) is 6.35. The fourth-order valence-electron chi connectivity index (χ4n) is 2.03. The topological polar surface area (TPSA) is 42.7 Å². The van der Waals surface area contributed by atoms with E-state index in [1.165, 1.54) is 0 Å². The molecule has 96 valence electrons. The summed E-state index contributed by atoms with van der Waals surface area (Å²) >= 11 is 6.13. The molecule has 19 heavy (non-hydrogen) atoms. The summed E-state index contributed by atoms with van der Waals surface area (Å²) in [6.45, 7) is 0.683. The van der Waals surface area contributed by atoms with Crippen LogP contribution in [0.15, 0.2) is 43.0 Å². The van der Waals surface area contributed by atoms with Crippen molar-refractivity contribution in [3.8, 4) is 0 Å². The van der Waals surface area contributed by atoms with Crippen LogP contribution in [0.1, 0.15) is 5.69 Å². The van der Waals surface area contributed by atoms with E-state index in [2.05, 4.69) is 15.3 Å². The van der Waals surface area contributed by atoms with Crippen LogP contribution in [0.3, 0.4) is 0 Å². The Balaban J connectivity index is 1.94. The highest BCUT2D eigenvalue weighted by Crippen LogP contribution is 2.26. The van der Waals surface area contributed by atoms with Gasteiger partial charge in [0.05, 0.1) is 29.8 Å². The monoisotopic (exact) mass is 272 g/mol. The first-order valence-electron chi connectivity index (χ1n) is 5.97. The maximum Gasteiger partial charge on any atom is 0.0946 e. The molecule has 0 spiro atoms. The Morgan fingerprint density at radius 1 is 1.37 bits per heavy atom. The molecule has 0 saturated heterocycles. The SMILES string of the molecule is Cn1cncc1CNc1cc(Cl)cc2cccnc12. The molecule has 0 atom stereocenters. The standard InChI is InChI=1S/C14H13ClN4/c1-19-9-16-7-12(19)8-18-13-6-11(15)5-10-3-2-4-17-14(10)13/h2-7,9,18H,8H2,1H3. The van der Waals surface area contributed by atoms with E-state index in [-0.39, 0.29) is 0 Å². The van der Waals surface area contributed by atoms with E-state index < -0.39 is 0 Å². The summed E-state index contributed by atoms with van der Waals surface area (Å²) in [7, 11) is 1.97. The minimum atomic E-state index is 0.683. The van der Waals surface area contributed by atoms with Gasteiger partial charge in [-0.1, -0.05) is 17.7 Å². The largest absolute Gasteiger partial charge is 0.378 e. The zero-order chi connectivity index (χ0) is 13.2. The lowest BCUT2D eigenvalue weighted by atomic mass is 10.2. The fraction of sp³-hybridized carbons (Fsp3) is 0.143. The van der Waals surface area contributed by atoms with Gasteiger partial charge in [-0.2, -0.15) is 0 Å². The van der Waals surface area contributed by atoms with Crippen molar-refractivity contribution in [2.45, 2.75) is 6.54 Å². The van der Waals surface area contributed by atoms with Gasteiger partial charge in [0.1, 0.15) is 0 Å². The lowest BCUT2D eigenvalue weighted by Gasteiger charge is -2.10. The van der Waals surface area contributed by atoms with Crippen molar-refractivity contribution in [1.29, 1.82) is 0 Å². The number of halogens is 1. The summed E-state index contributed by atoms with van der Waals surface area (Å²) in [6.07, 6.45) is 5.41. The number of hydrogen-bond donors (Lipinski definition) is 1. The molecule has 1 N–H and O–H groups in total. The number of aryl methyl sites for hydroxylation is 1. The van der Waals surface area contributed by atoms with Gasteiger partial charge in [0, 0.05) is 29.9 Å². The zero-order valence-electron chi connectivity index (χ0n) is 10.5. The summed E-state index contributed by atoms with van der Waals surface area (Å²) in [5.41, 5.74) is 2.96. The second kappa shape index (κ2) is 4.90. The van der Waals surface area contributed by atoms with Crippen molar-refractivity contribution in [2.75, 3.05) is 5.32 Å². The molecule has 3 aromatic rings. The van der Waals surface area contributed by atoms with Crippen LogP contribution in [0.5, 0.6) is 0 Å². The van der Waals surface area contributed by atoms with Gasteiger partial charge >= 0.3 is 0 Å². The lowest BCUT2D eigenvalue weighted by Crippen LogP contribution is -2.04. The van der Waals surface area contributed by atoms with Crippen LogP contribution in [0.2, 0.25) is 5.02 Å². The Hall–Kier alpha value is -2.07. The average Bonchev–Trinajstić information content (AvgIpc) is 2.81. The molecule has 0 saturated carbocycles. The molecular formula is C14H13ClN4. The van der Waals surface area contributed by atoms with Crippen LogP contribution >= 0.6 is 11.6 Å². The molecule has 0 bridgehead atoms. The number of fused-ring (bicyclic) bond motifs is 1. The number of imidazole rings is 1. The van der Waals surface area contributed by atoms with Crippen molar-refractivity contribution in [3.63, 3.8) is 0 Å². The summed E-state index contributed by atoms with van der Waals surface area (Å²) < 4.78 is 1.98. The third kappa shape index (κ3) is 2.39. The fourth-order valence-corrected chi connectivity index (χ4v) is 2.26. The zero-order valence-corrected chi connectivity index (χ0v) is 11.2. The quantitative estimate of drug-likeness (QED) is 0.796. The van der Waals surface area contributed by atoms with E-state index in [1.807, 2.05) is 42.1 Å². The van der Waals surface area contributed by atoms with Crippen LogP contribution < -0.4 is 5.32 Å². The number of aromatic nitrogens is 3. The van der Waals surface area contributed by atoms with E-state index in [9.17, 15) is 0 Å². The highest BCUT2D eigenvalue weighted by Gasteiger charge is 2.05. The van der Waals surface area contributed by atoms with Crippen molar-refractivity contribution in [1.82, 2.24) is 14.5 Å². The number of rotatable bonds is 3. The predicted octanol–water partition coefficient (Wildman–Crippen LogP) is 3.23. The minimum absolute atomic E-state index is 0.683. The Labute approximate surface area is 116 Å². The molecule has 0 fully saturated rings. The van der Waals surface area contributed by atoms with Gasteiger partial charge in [-0.25, -0.2) is 4.98 Å². The van der Waals surface area contributed by atoms with Gasteiger partial charge in [-0.3, -0.25) is 4.98 Å². The molecule has 3 rings (SSSR count). The molecule has 0 aliphatic rings. The molecular weight excluding hydrogens is 260 g/mol. The highest BCUT2D eigenvalue weighted by atomic mass is 35.5. The van der Waals surface area contributed by atoms with Crippen LogP contribution in [0.25, 0.3) is 10.9 Å². The van der Waals surface area contributed by atoms with Crippen molar-refractivity contribution >= 4 is 28.2 Å². The molecule has 1 aromatic carbocycles. The van der Waals surface area contributed by atoms with E-state index in [0.29, 0.717) is 11.6 Å². The maximum absolute atomic E-state index is 6.13. The van der Waals surface area contributed by atoms with E-state index >= 15 is 0 Å². The van der Waals surface area contributed by atoms with E-state index in [0.717, 1.165) is 22.3 Å². The van der Waals surface area contributed by atoms with Crippen LogP contribution in [-0.2, 0) is 13.6 Å². The van der Waals surface area contributed by atoms with Crippen LogP contribution in [0, 0.1) is 0 Å². The molecule has 0 amide bonds. The Kier molecular flexibility index (Phi) is 3.09. The summed E-state index contributed by atoms with van der Waals surface area (Å²) in [5.74, 6) is 0. The lowest BCUT2D eigenvalue weighted by molar-refractivity contribution is 0.838. The van der Waals surface area contributed by atoms with Gasteiger partial charge in [-0.15, -0.1) is 0 Å². The first-order chi connectivity index (χ1) is 9.24. The summed E-state index contributed by atoms with van der Waals surface area (Å²) in [4.78, 5) is 8.50. The molecule has 0 aliphatic heterocycles. The van der Waals surface area contributed by atoms with E-state index in [4.69, 9.17) is 11.6 Å². The molecule has 2 heterocycles. The second-order valence-electron chi connectivity index (χ2n) is 4.38. The molecule has 5 heteroatoms. The van der Waals surface area contributed by atoms with Gasteiger partial charge in [0.15, 0.2) is 0 Å². The first kappa shape index (κ1) is 12.0. The Morgan fingerprint density at radius 3 is 3.05 bits per heavy atom. The normalized spacial score (nSPS) is 10.8. The van der Waals surface area contributed by atoms with Crippen molar-refractivity contribution in [2.24, 2.45) is 7.05 Å². The van der Waals surface area contributed by atoms with Gasteiger partial charge < -0.3 is 9.88 Å². The van der Waals surface area contributed by atoms with Crippen molar-refractivity contribution in [3.05, 3.63) is 53.7 Å². The van der Waals surface area contributed by atoms with Crippen LogP contribution in [-0.4, -0.2) is 14.5 Å². The molecule has 0 unspecified atom stereocenters. The van der Waals surface area contributed by atoms with Gasteiger partial charge in [0.2, 0.25) is 0 Å². The molecule has 0 aliphatic carbocycles. The van der Waals surface area contributed by atoms with Crippen molar-refractivity contribution < 1.29 is 0 Å². The third-order valence-electron chi connectivity index (χ3n) is 3.05. The number of pyridine rings is 1. The molecule has 2 aromatic heterocycles. The predicted molar refractivity (Wildman–Crippen MR) is 77.3 cm³/mol. The summed E-state index contributed by atoms with van der Waals surface area (Å²) in [5, 5.41) is 5.10. The molecule has 0 radical (unpaired) electrons. The third-order valence-corrected chi connectivity index (χ3v) is 3.26.